The highest BCUT2D eigenvalue weighted by Crippen LogP contribution is 2.40. The summed E-state index contributed by atoms with van der Waals surface area (Å²) in [5, 5.41) is 18.9. The Morgan fingerprint density at radius 3 is 1.47 bits per heavy atom. The number of alkyl halides is 9. The molecular formula is C43H37F9O6S4. The summed E-state index contributed by atoms with van der Waals surface area (Å²) in [5.41, 5.74) is -1.40. The zero-order chi connectivity index (χ0) is 45.2. The molecule has 0 spiro atoms. The number of hydrogen-bond donors (Lipinski definition) is 2. The van der Waals surface area contributed by atoms with Crippen LogP contribution in [0.3, 0.4) is 0 Å². The highest BCUT2D eigenvalue weighted by molar-refractivity contribution is 7.99. The molecule has 0 atom stereocenters. The second-order valence-corrected chi connectivity index (χ2v) is 18.1. The molecule has 332 valence electrons. The van der Waals surface area contributed by atoms with Gasteiger partial charge < -0.3 is 19.7 Å². The lowest BCUT2D eigenvalue weighted by Crippen LogP contribution is -2.14. The number of benzene rings is 4. The second-order valence-electron chi connectivity index (χ2n) is 13.5. The highest BCUT2D eigenvalue weighted by Gasteiger charge is 2.35. The van der Waals surface area contributed by atoms with Crippen molar-refractivity contribution in [3.63, 3.8) is 0 Å². The molecule has 0 saturated carbocycles. The number of carboxylic acid groups (broad SMARTS) is 2. The molecule has 6 aromatic rings. The van der Waals surface area contributed by atoms with Crippen LogP contribution in [0.2, 0.25) is 0 Å². The Bertz CT molecular complexity index is 2470. The number of hydrogen-bond acceptors (Lipinski definition) is 8. The van der Waals surface area contributed by atoms with E-state index in [9.17, 15) is 49.1 Å². The average molecular weight is 949 g/mol. The number of rotatable bonds is 17. The van der Waals surface area contributed by atoms with E-state index >= 15 is 0 Å². The van der Waals surface area contributed by atoms with Crippen molar-refractivity contribution in [3.8, 4) is 11.5 Å². The van der Waals surface area contributed by atoms with E-state index in [0.717, 1.165) is 86.3 Å². The smallest absolute Gasteiger partial charge is 0.420 e. The van der Waals surface area contributed by atoms with Gasteiger partial charge in [0.25, 0.3) is 0 Å². The Morgan fingerprint density at radius 1 is 0.581 bits per heavy atom. The van der Waals surface area contributed by atoms with Crippen LogP contribution in [0, 0.1) is 0 Å². The van der Waals surface area contributed by atoms with Gasteiger partial charge in [-0.05, 0) is 133 Å². The zero-order valence-electron chi connectivity index (χ0n) is 32.5. The fraction of sp³-hybridized carbons (Fsp3) is 0.302. The Kier molecular flexibility index (Phi) is 16.6. The number of aryl methyl sites for hydroxylation is 3. The molecule has 4 aromatic carbocycles. The molecule has 2 heterocycles. The van der Waals surface area contributed by atoms with Gasteiger partial charge in [0.05, 0.1) is 16.7 Å². The summed E-state index contributed by atoms with van der Waals surface area (Å²) in [6.45, 7) is 0.747. The first-order valence-electron chi connectivity index (χ1n) is 18.7. The van der Waals surface area contributed by atoms with Gasteiger partial charge in [-0.2, -0.15) is 39.5 Å². The van der Waals surface area contributed by atoms with E-state index in [1.54, 1.807) is 17.8 Å². The average Bonchev–Trinajstić information content (AvgIpc) is 3.82. The lowest BCUT2D eigenvalue weighted by atomic mass is 10.1. The Hall–Kier alpha value is -4.59. The summed E-state index contributed by atoms with van der Waals surface area (Å²) >= 11 is 5.58. The third-order valence-corrected chi connectivity index (χ3v) is 13.3. The molecule has 0 saturated heterocycles. The van der Waals surface area contributed by atoms with Crippen LogP contribution < -0.4 is 9.47 Å². The summed E-state index contributed by atoms with van der Waals surface area (Å²) in [4.78, 5) is 24.6. The van der Waals surface area contributed by atoms with Gasteiger partial charge in [-0.3, -0.25) is 0 Å². The maximum atomic E-state index is 13.3. The van der Waals surface area contributed by atoms with Crippen LogP contribution in [0.25, 0.3) is 20.2 Å². The quantitative estimate of drug-likeness (QED) is 0.0531. The number of thiophene rings is 2. The van der Waals surface area contributed by atoms with E-state index < -0.39 is 59.5 Å². The van der Waals surface area contributed by atoms with Crippen LogP contribution >= 0.6 is 46.2 Å². The Balaban J connectivity index is 0.000000235. The first-order chi connectivity index (χ1) is 29.2. The minimum absolute atomic E-state index is 0.353. The van der Waals surface area contributed by atoms with Crippen molar-refractivity contribution in [2.75, 3.05) is 24.7 Å². The lowest BCUT2D eigenvalue weighted by Gasteiger charge is -2.14. The fourth-order valence-electron chi connectivity index (χ4n) is 5.93. The van der Waals surface area contributed by atoms with Crippen LogP contribution in [-0.2, 0) is 47.4 Å². The highest BCUT2D eigenvalue weighted by atomic mass is 32.2. The van der Waals surface area contributed by atoms with Gasteiger partial charge in [-0.25, -0.2) is 9.59 Å². The number of carboxylic acids is 2. The van der Waals surface area contributed by atoms with Gasteiger partial charge in [-0.1, -0.05) is 19.1 Å². The molecule has 0 radical (unpaired) electrons. The topological polar surface area (TPSA) is 93.1 Å². The standard InChI is InChI=1S/C22H21F3O3S2.C21H16F6O3S2/c1-2-14-10-17(7-8-19(14)28-13-21(26)27)29-9-3-4-18-11-15-5-6-16(22(23,24)25)12-20(15)30-18;22-20(23,24)13-4-3-12-8-15(32-18(12)9-13)2-1-7-31-14-5-6-17(30-11-19(28)29)16(10-14)21(25,26)27/h5-8,10-12H,2-4,9,13H2,1H3,(H,26,27);3-6,8-10H,1-2,7,11H2,(H,28,29). The predicted molar refractivity (Wildman–Crippen MR) is 225 cm³/mol. The molecule has 2 N–H and O–H groups in total. The molecule has 0 fully saturated rings. The molecule has 0 unspecified atom stereocenters. The summed E-state index contributed by atoms with van der Waals surface area (Å²) in [6, 6.07) is 20.4. The molecule has 0 bridgehead atoms. The number of fused-ring (bicyclic) bond motifs is 2. The van der Waals surface area contributed by atoms with Crippen molar-refractivity contribution < 1.29 is 68.8 Å². The van der Waals surface area contributed by atoms with Crippen LogP contribution in [-0.4, -0.2) is 46.9 Å². The molecule has 6 rings (SSSR count). The third-order valence-electron chi connectivity index (χ3n) is 8.84. The maximum Gasteiger partial charge on any atom is 0.420 e. The van der Waals surface area contributed by atoms with Gasteiger partial charge in [-0.15, -0.1) is 46.2 Å². The second kappa shape index (κ2) is 21.2. The SMILES string of the molecule is CCc1cc(SCCCc2cc3ccc(C(F)(F)F)cc3s2)ccc1OCC(=O)O.O=C(O)COc1ccc(SCCCc2cc3ccc(C(F)(F)F)cc3s2)cc1C(F)(F)F. The van der Waals surface area contributed by atoms with Gasteiger partial charge in [0.1, 0.15) is 11.5 Å². The number of halogens is 9. The molecule has 0 aliphatic heterocycles. The molecule has 0 aliphatic carbocycles. The molecule has 19 heteroatoms. The van der Waals surface area contributed by atoms with Crippen molar-refractivity contribution >= 4 is 78.3 Å². The van der Waals surface area contributed by atoms with Crippen molar-refractivity contribution in [2.24, 2.45) is 0 Å². The first-order valence-corrected chi connectivity index (χ1v) is 22.3. The third kappa shape index (κ3) is 14.2. The molecule has 0 amide bonds. The van der Waals surface area contributed by atoms with Crippen molar-refractivity contribution in [2.45, 2.75) is 67.3 Å². The van der Waals surface area contributed by atoms with E-state index in [2.05, 4.69) is 0 Å². The molecule has 62 heavy (non-hydrogen) atoms. The minimum Gasteiger partial charge on any atom is -0.482 e. The van der Waals surface area contributed by atoms with Gasteiger partial charge >= 0.3 is 30.5 Å². The predicted octanol–water partition coefficient (Wildman–Crippen LogP) is 13.8. The molecule has 0 aliphatic rings. The number of aliphatic carboxylic acids is 2. The van der Waals surface area contributed by atoms with Gasteiger partial charge in [0, 0.05) is 28.9 Å². The van der Waals surface area contributed by atoms with Gasteiger partial charge in [0.15, 0.2) is 13.2 Å². The molecule has 2 aromatic heterocycles. The van der Waals surface area contributed by atoms with E-state index in [0.29, 0.717) is 38.6 Å². The summed E-state index contributed by atoms with van der Waals surface area (Å²) in [5.74, 6) is -0.978. The van der Waals surface area contributed by atoms with Crippen LogP contribution in [0.1, 0.15) is 51.8 Å². The number of ether oxygens (including phenoxy) is 2. The number of carbonyl (C=O) groups is 2. The van der Waals surface area contributed by atoms with Crippen LogP contribution in [0.5, 0.6) is 11.5 Å². The monoisotopic (exact) mass is 948 g/mol. The minimum atomic E-state index is -4.70. The Morgan fingerprint density at radius 2 is 1.03 bits per heavy atom. The maximum absolute atomic E-state index is 13.3. The van der Waals surface area contributed by atoms with E-state index in [1.165, 1.54) is 58.7 Å². The first kappa shape index (κ1) is 48.4. The fourth-order valence-corrected chi connectivity index (χ4v) is 10.0. The van der Waals surface area contributed by atoms with Crippen LogP contribution in [0.4, 0.5) is 39.5 Å². The summed E-state index contributed by atoms with van der Waals surface area (Å²) in [7, 11) is 0. The summed E-state index contributed by atoms with van der Waals surface area (Å²) < 4.78 is 128. The van der Waals surface area contributed by atoms with E-state index in [1.807, 2.05) is 31.2 Å². The molecule has 6 nitrogen and oxygen atoms in total. The Labute approximate surface area is 366 Å². The zero-order valence-corrected chi connectivity index (χ0v) is 35.8. The lowest BCUT2D eigenvalue weighted by molar-refractivity contribution is -0.143. The van der Waals surface area contributed by atoms with Crippen molar-refractivity contribution in [3.05, 3.63) is 117 Å². The largest absolute Gasteiger partial charge is 0.482 e. The number of thioether (sulfide) groups is 2. The van der Waals surface area contributed by atoms with Crippen LogP contribution in [0.15, 0.2) is 94.7 Å². The summed E-state index contributed by atoms with van der Waals surface area (Å²) in [6.07, 6.45) is -9.76. The van der Waals surface area contributed by atoms with Gasteiger partial charge in [0.2, 0.25) is 0 Å². The van der Waals surface area contributed by atoms with E-state index in [-0.39, 0.29) is 6.61 Å². The molecular weight excluding hydrogens is 912 g/mol. The van der Waals surface area contributed by atoms with Crippen molar-refractivity contribution in [1.29, 1.82) is 0 Å². The van der Waals surface area contributed by atoms with E-state index in [4.69, 9.17) is 19.7 Å². The van der Waals surface area contributed by atoms with Crippen molar-refractivity contribution in [1.82, 2.24) is 0 Å². The normalized spacial score (nSPS) is 12.0.